The van der Waals surface area contributed by atoms with Crippen LogP contribution in [-0.2, 0) is 14.3 Å². The first kappa shape index (κ1) is 12.4. The Balaban J connectivity index is 1.79. The van der Waals surface area contributed by atoms with E-state index >= 15 is 0 Å². The van der Waals surface area contributed by atoms with Crippen LogP contribution in [0.3, 0.4) is 0 Å². The van der Waals surface area contributed by atoms with Crippen LogP contribution in [0.5, 0.6) is 0 Å². The number of hydrogen-bond acceptors (Lipinski definition) is 3. The second-order valence-electron chi connectivity index (χ2n) is 4.67. The zero-order chi connectivity index (χ0) is 12.1. The summed E-state index contributed by atoms with van der Waals surface area (Å²) in [6, 6.07) is 0. The monoisotopic (exact) mass is 240 g/mol. The van der Waals surface area contributed by atoms with Gasteiger partial charge in [-0.3, -0.25) is 9.59 Å². The van der Waals surface area contributed by atoms with Crippen molar-refractivity contribution in [3.05, 3.63) is 0 Å². The van der Waals surface area contributed by atoms with Gasteiger partial charge in [-0.05, 0) is 19.3 Å². The minimum Gasteiger partial charge on any atom is -0.378 e. The van der Waals surface area contributed by atoms with Crippen LogP contribution in [0.1, 0.15) is 32.1 Å². The molecule has 5 nitrogen and oxygen atoms in total. The molecule has 0 aliphatic carbocycles. The highest BCUT2D eigenvalue weighted by Gasteiger charge is 2.23. The minimum atomic E-state index is 0.0363. The van der Waals surface area contributed by atoms with E-state index in [2.05, 4.69) is 5.32 Å². The van der Waals surface area contributed by atoms with Gasteiger partial charge in [0, 0.05) is 32.7 Å². The fourth-order valence-electron chi connectivity index (χ4n) is 2.31. The molecule has 0 saturated carbocycles. The van der Waals surface area contributed by atoms with Crippen molar-refractivity contribution < 1.29 is 14.3 Å². The molecule has 0 spiro atoms. The maximum atomic E-state index is 12.0. The molecular weight excluding hydrogens is 220 g/mol. The fourth-order valence-corrected chi connectivity index (χ4v) is 2.31. The van der Waals surface area contributed by atoms with Gasteiger partial charge in [0.05, 0.1) is 12.5 Å². The summed E-state index contributed by atoms with van der Waals surface area (Å²) in [5, 5.41) is 2.77. The number of nitrogens with zero attached hydrogens (tertiary/aromatic N) is 1. The lowest BCUT2D eigenvalue weighted by Gasteiger charge is -2.25. The third-order valence-electron chi connectivity index (χ3n) is 3.34. The van der Waals surface area contributed by atoms with Gasteiger partial charge >= 0.3 is 0 Å². The predicted molar refractivity (Wildman–Crippen MR) is 62.4 cm³/mol. The van der Waals surface area contributed by atoms with Crippen LogP contribution in [0, 0.1) is 0 Å². The van der Waals surface area contributed by atoms with Crippen molar-refractivity contribution in [3.8, 4) is 0 Å². The molecule has 2 fully saturated rings. The van der Waals surface area contributed by atoms with Crippen LogP contribution < -0.4 is 5.32 Å². The van der Waals surface area contributed by atoms with E-state index in [-0.39, 0.29) is 17.9 Å². The lowest BCUT2D eigenvalue weighted by Crippen LogP contribution is -2.37. The Morgan fingerprint density at radius 2 is 2.29 bits per heavy atom. The number of nitrogens with one attached hydrogen (secondary N) is 1. The maximum absolute atomic E-state index is 12.0. The van der Waals surface area contributed by atoms with E-state index in [0.29, 0.717) is 32.5 Å². The quantitative estimate of drug-likeness (QED) is 0.755. The SMILES string of the molecule is O=C1CCN(C(=O)CC2CCCCO2)CCN1. The van der Waals surface area contributed by atoms with Crippen LogP contribution in [0.25, 0.3) is 0 Å². The van der Waals surface area contributed by atoms with E-state index in [4.69, 9.17) is 4.74 Å². The lowest BCUT2D eigenvalue weighted by atomic mass is 10.1. The number of amides is 2. The number of ether oxygens (including phenoxy) is 1. The summed E-state index contributed by atoms with van der Waals surface area (Å²) < 4.78 is 5.56. The molecule has 0 radical (unpaired) electrons. The van der Waals surface area contributed by atoms with Gasteiger partial charge in [-0.2, -0.15) is 0 Å². The largest absolute Gasteiger partial charge is 0.378 e. The van der Waals surface area contributed by atoms with Crippen molar-refractivity contribution in [2.45, 2.75) is 38.2 Å². The summed E-state index contributed by atoms with van der Waals surface area (Å²) in [7, 11) is 0. The molecule has 0 aromatic rings. The molecule has 2 aliphatic heterocycles. The zero-order valence-corrected chi connectivity index (χ0v) is 10.1. The second kappa shape index (κ2) is 6.00. The molecule has 1 atom stereocenters. The van der Waals surface area contributed by atoms with E-state index in [1.54, 1.807) is 4.90 Å². The van der Waals surface area contributed by atoms with Crippen molar-refractivity contribution in [2.24, 2.45) is 0 Å². The van der Waals surface area contributed by atoms with E-state index in [1.165, 1.54) is 0 Å². The Hall–Kier alpha value is -1.10. The Labute approximate surface area is 101 Å². The van der Waals surface area contributed by atoms with Crippen LogP contribution >= 0.6 is 0 Å². The van der Waals surface area contributed by atoms with Crippen molar-refractivity contribution in [1.82, 2.24) is 10.2 Å². The molecule has 1 N–H and O–H groups in total. The summed E-state index contributed by atoms with van der Waals surface area (Å²) in [5.41, 5.74) is 0. The van der Waals surface area contributed by atoms with Gasteiger partial charge in [0.1, 0.15) is 0 Å². The van der Waals surface area contributed by atoms with E-state index < -0.39 is 0 Å². The highest BCUT2D eigenvalue weighted by atomic mass is 16.5. The summed E-state index contributed by atoms with van der Waals surface area (Å²) in [4.78, 5) is 25.0. The number of carbonyl (C=O) groups is 2. The third kappa shape index (κ3) is 3.70. The van der Waals surface area contributed by atoms with Crippen molar-refractivity contribution in [3.63, 3.8) is 0 Å². The van der Waals surface area contributed by atoms with Gasteiger partial charge in [-0.1, -0.05) is 0 Å². The number of carbonyl (C=O) groups excluding carboxylic acids is 2. The maximum Gasteiger partial charge on any atom is 0.225 e. The number of hydrogen-bond donors (Lipinski definition) is 1. The summed E-state index contributed by atoms with van der Waals surface area (Å²) in [5.74, 6) is 0.155. The molecule has 5 heteroatoms. The zero-order valence-electron chi connectivity index (χ0n) is 10.1. The first-order valence-corrected chi connectivity index (χ1v) is 6.42. The topological polar surface area (TPSA) is 58.6 Å². The van der Waals surface area contributed by atoms with Crippen LogP contribution in [0.2, 0.25) is 0 Å². The average Bonchev–Trinajstić information content (AvgIpc) is 2.55. The molecule has 17 heavy (non-hydrogen) atoms. The minimum absolute atomic E-state index is 0.0363. The molecule has 2 aliphatic rings. The van der Waals surface area contributed by atoms with Crippen molar-refractivity contribution in [1.29, 1.82) is 0 Å². The second-order valence-corrected chi connectivity index (χ2v) is 4.67. The van der Waals surface area contributed by atoms with Gasteiger partial charge in [-0.25, -0.2) is 0 Å². The predicted octanol–water partition coefficient (Wildman–Crippen LogP) is 0.294. The van der Waals surface area contributed by atoms with Gasteiger partial charge in [0.25, 0.3) is 0 Å². The van der Waals surface area contributed by atoms with Crippen LogP contribution in [-0.4, -0.2) is 49.1 Å². The van der Waals surface area contributed by atoms with Crippen molar-refractivity contribution in [2.75, 3.05) is 26.2 Å². The van der Waals surface area contributed by atoms with E-state index in [9.17, 15) is 9.59 Å². The van der Waals surface area contributed by atoms with Gasteiger partial charge in [0.2, 0.25) is 11.8 Å². The standard InChI is InChI=1S/C12H20N2O3/c15-11-4-6-14(7-5-13-11)12(16)9-10-3-1-2-8-17-10/h10H,1-9H2,(H,13,15). The van der Waals surface area contributed by atoms with E-state index in [0.717, 1.165) is 25.9 Å². The van der Waals surface area contributed by atoms with Gasteiger partial charge < -0.3 is 15.0 Å². The van der Waals surface area contributed by atoms with E-state index in [1.807, 2.05) is 0 Å². The number of rotatable bonds is 2. The van der Waals surface area contributed by atoms with Gasteiger partial charge in [0.15, 0.2) is 0 Å². The highest BCUT2D eigenvalue weighted by Crippen LogP contribution is 2.16. The summed E-state index contributed by atoms with van der Waals surface area (Å²) >= 11 is 0. The average molecular weight is 240 g/mol. The lowest BCUT2D eigenvalue weighted by molar-refractivity contribution is -0.135. The molecule has 96 valence electrons. The molecule has 0 bridgehead atoms. The molecular formula is C12H20N2O3. The van der Waals surface area contributed by atoms with Crippen molar-refractivity contribution >= 4 is 11.8 Å². The fraction of sp³-hybridized carbons (Fsp3) is 0.833. The molecule has 2 rings (SSSR count). The Morgan fingerprint density at radius 1 is 1.41 bits per heavy atom. The Kier molecular flexibility index (Phi) is 4.36. The first-order chi connectivity index (χ1) is 8.25. The smallest absolute Gasteiger partial charge is 0.225 e. The molecule has 0 aromatic heterocycles. The highest BCUT2D eigenvalue weighted by molar-refractivity contribution is 5.80. The molecule has 0 aromatic carbocycles. The molecule has 2 amide bonds. The van der Waals surface area contributed by atoms with Crippen LogP contribution in [0.15, 0.2) is 0 Å². The molecule has 2 saturated heterocycles. The molecule has 1 unspecified atom stereocenters. The summed E-state index contributed by atoms with van der Waals surface area (Å²) in [6.45, 7) is 2.50. The first-order valence-electron chi connectivity index (χ1n) is 6.42. The van der Waals surface area contributed by atoms with Gasteiger partial charge in [-0.15, -0.1) is 0 Å². The van der Waals surface area contributed by atoms with Crippen LogP contribution in [0.4, 0.5) is 0 Å². The summed E-state index contributed by atoms with van der Waals surface area (Å²) in [6.07, 6.45) is 4.20. The Morgan fingerprint density at radius 3 is 3.06 bits per heavy atom. The normalized spacial score (nSPS) is 26.2. The molecule has 2 heterocycles. The Bertz CT molecular complexity index is 287. The third-order valence-corrected chi connectivity index (χ3v) is 3.34.